The van der Waals surface area contributed by atoms with Gasteiger partial charge in [0.1, 0.15) is 5.82 Å². The maximum absolute atomic E-state index is 13.8. The van der Waals surface area contributed by atoms with Crippen LogP contribution in [0.25, 0.3) is 0 Å². The standard InChI is InChI=1S/C21H23FN2O/c1-15-11-16(2)13-19(12-15)23-21(25)17-7-9-24(10-8-17)14-18-5-3-4-6-20(18)22/h3-7,11-13H,8-10,14H2,1-2H3,(H,23,25). The lowest BCUT2D eigenvalue weighted by Crippen LogP contribution is -2.31. The summed E-state index contributed by atoms with van der Waals surface area (Å²) < 4.78 is 13.8. The SMILES string of the molecule is Cc1cc(C)cc(NC(=O)C2=CCN(Cc3ccccc3F)CC2)c1. The Morgan fingerprint density at radius 3 is 2.52 bits per heavy atom. The van der Waals surface area contributed by atoms with E-state index in [1.807, 2.05) is 38.1 Å². The van der Waals surface area contributed by atoms with Crippen molar-refractivity contribution in [1.82, 2.24) is 4.90 Å². The molecule has 1 N–H and O–H groups in total. The van der Waals surface area contributed by atoms with Gasteiger partial charge in [-0.2, -0.15) is 0 Å². The van der Waals surface area contributed by atoms with Crippen molar-refractivity contribution in [2.45, 2.75) is 26.8 Å². The molecule has 25 heavy (non-hydrogen) atoms. The fourth-order valence-corrected chi connectivity index (χ4v) is 3.19. The highest BCUT2D eigenvalue weighted by atomic mass is 19.1. The minimum atomic E-state index is -0.176. The molecule has 2 aromatic rings. The first kappa shape index (κ1) is 17.4. The van der Waals surface area contributed by atoms with Gasteiger partial charge in [-0.15, -0.1) is 0 Å². The number of benzene rings is 2. The molecule has 4 heteroatoms. The summed E-state index contributed by atoms with van der Waals surface area (Å²) in [6.45, 7) is 6.01. The topological polar surface area (TPSA) is 32.3 Å². The lowest BCUT2D eigenvalue weighted by atomic mass is 10.1. The van der Waals surface area contributed by atoms with Gasteiger partial charge >= 0.3 is 0 Å². The summed E-state index contributed by atoms with van der Waals surface area (Å²) in [6, 6.07) is 12.9. The Bertz CT molecular complexity index is 793. The first-order valence-corrected chi connectivity index (χ1v) is 8.56. The molecule has 3 nitrogen and oxygen atoms in total. The molecule has 0 saturated heterocycles. The zero-order valence-electron chi connectivity index (χ0n) is 14.7. The van der Waals surface area contributed by atoms with Crippen LogP contribution in [0.1, 0.15) is 23.1 Å². The number of hydrogen-bond donors (Lipinski definition) is 1. The predicted molar refractivity (Wildman–Crippen MR) is 98.9 cm³/mol. The van der Waals surface area contributed by atoms with E-state index in [0.29, 0.717) is 25.1 Å². The Balaban J connectivity index is 1.60. The molecule has 0 aromatic heterocycles. The number of halogens is 1. The molecule has 1 amide bonds. The van der Waals surface area contributed by atoms with E-state index in [4.69, 9.17) is 0 Å². The molecule has 0 fully saturated rings. The van der Waals surface area contributed by atoms with Crippen molar-refractivity contribution in [2.75, 3.05) is 18.4 Å². The van der Waals surface area contributed by atoms with E-state index in [2.05, 4.69) is 16.3 Å². The van der Waals surface area contributed by atoms with Gasteiger partial charge in [-0.25, -0.2) is 4.39 Å². The molecule has 0 bridgehead atoms. The third-order valence-electron chi connectivity index (χ3n) is 4.42. The van der Waals surface area contributed by atoms with E-state index in [-0.39, 0.29) is 11.7 Å². The normalized spacial score (nSPS) is 14.9. The summed E-state index contributed by atoms with van der Waals surface area (Å²) in [6.07, 6.45) is 2.62. The highest BCUT2D eigenvalue weighted by molar-refractivity contribution is 6.03. The van der Waals surface area contributed by atoms with Crippen LogP contribution in [-0.2, 0) is 11.3 Å². The number of nitrogens with one attached hydrogen (secondary N) is 1. The third-order valence-corrected chi connectivity index (χ3v) is 4.42. The second kappa shape index (κ2) is 7.62. The van der Waals surface area contributed by atoms with E-state index < -0.39 is 0 Å². The van der Waals surface area contributed by atoms with Gasteiger partial charge in [0, 0.05) is 36.5 Å². The second-order valence-corrected chi connectivity index (χ2v) is 6.64. The molecule has 0 atom stereocenters. The largest absolute Gasteiger partial charge is 0.322 e. The van der Waals surface area contributed by atoms with Gasteiger partial charge in [-0.05, 0) is 49.6 Å². The first-order chi connectivity index (χ1) is 12.0. The minimum absolute atomic E-state index is 0.0458. The Labute approximate surface area is 148 Å². The summed E-state index contributed by atoms with van der Waals surface area (Å²) in [5.74, 6) is -0.222. The van der Waals surface area contributed by atoms with Crippen LogP contribution in [0, 0.1) is 19.7 Å². The molecular weight excluding hydrogens is 315 g/mol. The predicted octanol–water partition coefficient (Wildman–Crippen LogP) is 4.21. The Hall–Kier alpha value is -2.46. The van der Waals surface area contributed by atoms with E-state index in [0.717, 1.165) is 28.9 Å². The summed E-state index contributed by atoms with van der Waals surface area (Å²) >= 11 is 0. The maximum atomic E-state index is 13.8. The quantitative estimate of drug-likeness (QED) is 0.905. The molecule has 1 heterocycles. The maximum Gasteiger partial charge on any atom is 0.251 e. The van der Waals surface area contributed by atoms with Crippen LogP contribution in [0.2, 0.25) is 0 Å². The van der Waals surface area contributed by atoms with Crippen molar-refractivity contribution < 1.29 is 9.18 Å². The molecule has 1 aliphatic rings. The fraction of sp³-hybridized carbons (Fsp3) is 0.286. The van der Waals surface area contributed by atoms with E-state index in [1.54, 1.807) is 12.1 Å². The summed E-state index contributed by atoms with van der Waals surface area (Å²) in [7, 11) is 0. The van der Waals surface area contributed by atoms with Gasteiger partial charge in [-0.3, -0.25) is 9.69 Å². The van der Waals surface area contributed by atoms with Gasteiger partial charge in [0.15, 0.2) is 0 Å². The first-order valence-electron chi connectivity index (χ1n) is 8.56. The number of carbonyl (C=O) groups excluding carboxylic acids is 1. The molecule has 1 aliphatic heterocycles. The van der Waals surface area contributed by atoms with Crippen LogP contribution in [-0.4, -0.2) is 23.9 Å². The van der Waals surface area contributed by atoms with Crippen LogP contribution in [0.15, 0.2) is 54.1 Å². The monoisotopic (exact) mass is 338 g/mol. The summed E-state index contributed by atoms with van der Waals surface area (Å²) in [5, 5.41) is 2.98. The minimum Gasteiger partial charge on any atom is -0.322 e. The Morgan fingerprint density at radius 1 is 1.16 bits per heavy atom. The number of rotatable bonds is 4. The van der Waals surface area contributed by atoms with Crippen molar-refractivity contribution in [3.8, 4) is 0 Å². The third kappa shape index (κ3) is 4.54. The lowest BCUT2D eigenvalue weighted by molar-refractivity contribution is -0.113. The van der Waals surface area contributed by atoms with E-state index >= 15 is 0 Å². The lowest BCUT2D eigenvalue weighted by Gasteiger charge is -2.26. The molecule has 0 radical (unpaired) electrons. The van der Waals surface area contributed by atoms with Crippen molar-refractivity contribution in [3.05, 3.63) is 76.6 Å². The molecule has 0 saturated carbocycles. The van der Waals surface area contributed by atoms with Crippen LogP contribution >= 0.6 is 0 Å². The second-order valence-electron chi connectivity index (χ2n) is 6.64. The zero-order chi connectivity index (χ0) is 17.8. The van der Waals surface area contributed by atoms with E-state index in [1.165, 1.54) is 6.07 Å². The van der Waals surface area contributed by atoms with Crippen LogP contribution in [0.3, 0.4) is 0 Å². The fourth-order valence-electron chi connectivity index (χ4n) is 3.19. The molecule has 0 aliphatic carbocycles. The Kier molecular flexibility index (Phi) is 5.29. The molecule has 3 rings (SSSR count). The number of hydrogen-bond acceptors (Lipinski definition) is 2. The number of amides is 1. The van der Waals surface area contributed by atoms with E-state index in [9.17, 15) is 9.18 Å². The van der Waals surface area contributed by atoms with Crippen LogP contribution < -0.4 is 5.32 Å². The van der Waals surface area contributed by atoms with Gasteiger partial charge in [0.2, 0.25) is 0 Å². The molecule has 130 valence electrons. The van der Waals surface area contributed by atoms with Crippen molar-refractivity contribution in [2.24, 2.45) is 0 Å². The van der Waals surface area contributed by atoms with Crippen LogP contribution in [0.4, 0.5) is 10.1 Å². The smallest absolute Gasteiger partial charge is 0.251 e. The average molecular weight is 338 g/mol. The number of aryl methyl sites for hydroxylation is 2. The summed E-state index contributed by atoms with van der Waals surface area (Å²) in [5.41, 5.74) is 4.58. The van der Waals surface area contributed by atoms with Gasteiger partial charge in [-0.1, -0.05) is 30.3 Å². The number of carbonyl (C=O) groups is 1. The zero-order valence-corrected chi connectivity index (χ0v) is 14.7. The molecule has 0 unspecified atom stereocenters. The molecule has 2 aromatic carbocycles. The number of nitrogens with zero attached hydrogens (tertiary/aromatic N) is 1. The Morgan fingerprint density at radius 2 is 1.88 bits per heavy atom. The van der Waals surface area contributed by atoms with Crippen molar-refractivity contribution in [3.63, 3.8) is 0 Å². The van der Waals surface area contributed by atoms with Gasteiger partial charge < -0.3 is 5.32 Å². The highest BCUT2D eigenvalue weighted by Crippen LogP contribution is 2.19. The van der Waals surface area contributed by atoms with Gasteiger partial charge in [0.25, 0.3) is 5.91 Å². The average Bonchev–Trinajstić information content (AvgIpc) is 2.56. The molecule has 0 spiro atoms. The number of anilines is 1. The van der Waals surface area contributed by atoms with Gasteiger partial charge in [0.05, 0.1) is 0 Å². The molecular formula is C21H23FN2O. The van der Waals surface area contributed by atoms with Crippen molar-refractivity contribution >= 4 is 11.6 Å². The van der Waals surface area contributed by atoms with Crippen LogP contribution in [0.5, 0.6) is 0 Å². The van der Waals surface area contributed by atoms with Crippen molar-refractivity contribution in [1.29, 1.82) is 0 Å². The summed E-state index contributed by atoms with van der Waals surface area (Å²) in [4.78, 5) is 14.6. The highest BCUT2D eigenvalue weighted by Gasteiger charge is 2.18.